The molecule has 3 aromatic rings. The van der Waals surface area contributed by atoms with Crippen molar-refractivity contribution < 1.29 is 9.32 Å². The zero-order valence-corrected chi connectivity index (χ0v) is 18.9. The molecule has 0 aliphatic carbocycles. The number of aromatic nitrogens is 4. The molecular weight excluding hydrogens is 392 g/mol. The molecule has 0 N–H and O–H groups in total. The number of amides is 1. The van der Waals surface area contributed by atoms with Crippen LogP contribution in [-0.2, 0) is 13.1 Å². The van der Waals surface area contributed by atoms with E-state index < -0.39 is 0 Å². The molecule has 2 atom stereocenters. The van der Waals surface area contributed by atoms with Crippen LogP contribution in [0.5, 0.6) is 0 Å². The molecule has 8 nitrogen and oxygen atoms in total. The highest BCUT2D eigenvalue weighted by Gasteiger charge is 2.28. The van der Waals surface area contributed by atoms with E-state index in [1.807, 2.05) is 28.8 Å². The van der Waals surface area contributed by atoms with Gasteiger partial charge in [-0.25, -0.2) is 4.98 Å². The lowest BCUT2D eigenvalue weighted by molar-refractivity contribution is 0.0788. The summed E-state index contributed by atoms with van der Waals surface area (Å²) in [5.41, 5.74) is 2.98. The predicted molar refractivity (Wildman–Crippen MR) is 118 cm³/mol. The molecule has 3 heterocycles. The lowest BCUT2D eigenvalue weighted by atomic mass is 10.1. The van der Waals surface area contributed by atoms with E-state index in [1.165, 1.54) is 0 Å². The molecule has 0 spiro atoms. The van der Waals surface area contributed by atoms with Crippen LogP contribution in [0, 0.1) is 0 Å². The van der Waals surface area contributed by atoms with E-state index in [0.717, 1.165) is 24.2 Å². The van der Waals surface area contributed by atoms with E-state index in [9.17, 15) is 4.79 Å². The molecule has 1 aromatic carbocycles. The number of para-hydroxylation sites is 1. The van der Waals surface area contributed by atoms with Crippen molar-refractivity contribution >= 4 is 5.91 Å². The maximum absolute atomic E-state index is 12.8. The number of nitrogens with zero attached hydrogens (tertiary/aromatic N) is 6. The first-order valence-corrected chi connectivity index (χ1v) is 10.9. The highest BCUT2D eigenvalue weighted by Crippen LogP contribution is 2.29. The zero-order chi connectivity index (χ0) is 22.1. The van der Waals surface area contributed by atoms with Crippen LogP contribution in [0.1, 0.15) is 62.5 Å². The Bertz CT molecular complexity index is 1060. The van der Waals surface area contributed by atoms with Gasteiger partial charge in [-0.05, 0) is 38.8 Å². The molecule has 2 unspecified atom stereocenters. The van der Waals surface area contributed by atoms with Gasteiger partial charge < -0.3 is 9.42 Å². The van der Waals surface area contributed by atoms with Gasteiger partial charge in [0.15, 0.2) is 0 Å². The third-order valence-corrected chi connectivity index (χ3v) is 6.31. The monoisotopic (exact) mass is 422 g/mol. The number of rotatable bonds is 7. The predicted octanol–water partition coefficient (Wildman–Crippen LogP) is 3.91. The summed E-state index contributed by atoms with van der Waals surface area (Å²) < 4.78 is 7.57. The molecule has 31 heavy (non-hydrogen) atoms. The first kappa shape index (κ1) is 21.2. The van der Waals surface area contributed by atoms with Crippen LogP contribution in [0.3, 0.4) is 0 Å². The number of imidazole rings is 1. The van der Waals surface area contributed by atoms with E-state index in [-0.39, 0.29) is 5.91 Å². The number of carbonyl (C=O) groups excluding carboxylic acids is 1. The van der Waals surface area contributed by atoms with Crippen LogP contribution in [-0.4, -0.2) is 54.5 Å². The van der Waals surface area contributed by atoms with Crippen molar-refractivity contribution in [2.45, 2.75) is 65.7 Å². The Morgan fingerprint density at radius 3 is 2.58 bits per heavy atom. The molecule has 8 heteroatoms. The van der Waals surface area contributed by atoms with Crippen molar-refractivity contribution in [1.29, 1.82) is 0 Å². The second-order valence-electron chi connectivity index (χ2n) is 8.29. The molecule has 4 rings (SSSR count). The lowest BCUT2D eigenvalue weighted by Crippen LogP contribution is -2.39. The molecule has 1 aliphatic heterocycles. The average molecular weight is 423 g/mol. The molecule has 1 aliphatic rings. The van der Waals surface area contributed by atoms with Crippen LogP contribution >= 0.6 is 0 Å². The second kappa shape index (κ2) is 8.63. The summed E-state index contributed by atoms with van der Waals surface area (Å²) in [6, 6.07) is 8.41. The molecule has 1 amide bonds. The Balaban J connectivity index is 1.68. The maximum atomic E-state index is 12.8. The molecule has 164 valence electrons. The number of carbonyl (C=O) groups is 1. The number of fused-ring (bicyclic) bond motifs is 3. The number of hydrogen-bond acceptors (Lipinski definition) is 6. The Hall–Kier alpha value is -3.00. The van der Waals surface area contributed by atoms with Gasteiger partial charge >= 0.3 is 0 Å². The Labute approximate surface area is 182 Å². The summed E-state index contributed by atoms with van der Waals surface area (Å²) in [7, 11) is 1.79. The van der Waals surface area contributed by atoms with Crippen LogP contribution in [0.25, 0.3) is 17.2 Å². The average Bonchev–Trinajstić information content (AvgIpc) is 3.40. The molecule has 0 saturated heterocycles. The highest BCUT2D eigenvalue weighted by atomic mass is 16.5. The van der Waals surface area contributed by atoms with Crippen molar-refractivity contribution in [2.75, 3.05) is 7.05 Å². The second-order valence-corrected chi connectivity index (χ2v) is 8.29. The van der Waals surface area contributed by atoms with Crippen molar-refractivity contribution in [2.24, 2.45) is 0 Å². The van der Waals surface area contributed by atoms with E-state index in [0.29, 0.717) is 48.1 Å². The third-order valence-electron chi connectivity index (χ3n) is 6.31. The van der Waals surface area contributed by atoms with Crippen molar-refractivity contribution in [3.8, 4) is 17.2 Å². The van der Waals surface area contributed by atoms with Gasteiger partial charge in [-0.2, -0.15) is 4.98 Å². The molecule has 0 saturated carbocycles. The topological polar surface area (TPSA) is 80.3 Å². The van der Waals surface area contributed by atoms with Gasteiger partial charge in [0.05, 0.1) is 30.0 Å². The van der Waals surface area contributed by atoms with Crippen LogP contribution in [0.15, 0.2) is 35.1 Å². The van der Waals surface area contributed by atoms with Crippen molar-refractivity contribution in [1.82, 2.24) is 29.5 Å². The summed E-state index contributed by atoms with van der Waals surface area (Å²) in [6.45, 7) is 9.85. The van der Waals surface area contributed by atoms with E-state index in [1.54, 1.807) is 18.3 Å². The minimum Gasteiger partial charge on any atom is -0.337 e. The highest BCUT2D eigenvalue weighted by molar-refractivity contribution is 5.98. The summed E-state index contributed by atoms with van der Waals surface area (Å²) in [6.07, 6.45) is 3.84. The van der Waals surface area contributed by atoms with Gasteiger partial charge in [0.2, 0.25) is 11.7 Å². The quantitative estimate of drug-likeness (QED) is 0.574. The normalized spacial score (nSPS) is 15.5. The summed E-state index contributed by atoms with van der Waals surface area (Å²) >= 11 is 0. The summed E-state index contributed by atoms with van der Waals surface area (Å²) in [5.74, 6) is 1.02. The SMILES string of the molecule is CCC(C)N(Cc1nc(-c2ncn3c2CN(C)C(=O)c2ccccc2-3)no1)C(C)CC. The maximum Gasteiger partial charge on any atom is 0.256 e. The largest absolute Gasteiger partial charge is 0.337 e. The van der Waals surface area contributed by atoms with Crippen LogP contribution < -0.4 is 0 Å². The summed E-state index contributed by atoms with van der Waals surface area (Å²) in [4.78, 5) is 26.1. The van der Waals surface area contributed by atoms with Gasteiger partial charge in [-0.1, -0.05) is 31.1 Å². The molecular formula is C23H30N6O2. The number of benzene rings is 1. The number of hydrogen-bond donors (Lipinski definition) is 0. The Morgan fingerprint density at radius 1 is 1.16 bits per heavy atom. The lowest BCUT2D eigenvalue weighted by Gasteiger charge is -2.32. The Kier molecular flexibility index (Phi) is 5.91. The molecule has 0 bridgehead atoms. The fourth-order valence-corrected chi connectivity index (χ4v) is 4.07. The fraction of sp³-hybridized carbons (Fsp3) is 0.478. The summed E-state index contributed by atoms with van der Waals surface area (Å²) in [5, 5.41) is 4.23. The van der Waals surface area contributed by atoms with Crippen LogP contribution in [0.2, 0.25) is 0 Å². The smallest absolute Gasteiger partial charge is 0.256 e. The van der Waals surface area contributed by atoms with E-state index in [2.05, 4.69) is 47.7 Å². The molecule has 2 aromatic heterocycles. The van der Waals surface area contributed by atoms with E-state index in [4.69, 9.17) is 4.52 Å². The van der Waals surface area contributed by atoms with Gasteiger partial charge in [0, 0.05) is 19.1 Å². The molecule has 0 fully saturated rings. The minimum absolute atomic E-state index is 0.0169. The van der Waals surface area contributed by atoms with Gasteiger partial charge in [0.1, 0.15) is 12.0 Å². The van der Waals surface area contributed by atoms with E-state index >= 15 is 0 Å². The van der Waals surface area contributed by atoms with Crippen molar-refractivity contribution in [3.63, 3.8) is 0 Å². The third kappa shape index (κ3) is 3.87. The van der Waals surface area contributed by atoms with Gasteiger partial charge in [0.25, 0.3) is 5.91 Å². The zero-order valence-electron chi connectivity index (χ0n) is 18.9. The Morgan fingerprint density at radius 2 is 1.87 bits per heavy atom. The van der Waals surface area contributed by atoms with Crippen molar-refractivity contribution in [3.05, 3.63) is 47.7 Å². The van der Waals surface area contributed by atoms with Crippen LogP contribution in [0.4, 0.5) is 0 Å². The van der Waals surface area contributed by atoms with Gasteiger partial charge in [-0.3, -0.25) is 14.3 Å². The standard InChI is InChI=1S/C23H30N6O2/c1-6-15(3)28(16(4)7-2)13-20-25-22(26-31-20)21-19-12-27(5)23(30)17-10-8-9-11-18(17)29(19)14-24-21/h8-11,14-16H,6-7,12-13H2,1-5H3. The molecule has 0 radical (unpaired) electrons. The first-order valence-electron chi connectivity index (χ1n) is 10.9. The van der Waals surface area contributed by atoms with Gasteiger partial charge in [-0.15, -0.1) is 0 Å². The first-order chi connectivity index (χ1) is 14.9. The fourth-order valence-electron chi connectivity index (χ4n) is 4.07. The minimum atomic E-state index is -0.0169.